The molecule has 0 bridgehead atoms. The van der Waals surface area contributed by atoms with Gasteiger partial charge in [-0.1, -0.05) is 32.2 Å². The lowest BCUT2D eigenvalue weighted by molar-refractivity contribution is -0.149. The van der Waals surface area contributed by atoms with Crippen molar-refractivity contribution in [3.05, 3.63) is 45.5 Å². The maximum atomic E-state index is 14.4. The van der Waals surface area contributed by atoms with Crippen LogP contribution in [0.4, 0.5) is 4.39 Å². The molecule has 13 nitrogen and oxygen atoms in total. The van der Waals surface area contributed by atoms with E-state index in [1.54, 1.807) is 27.7 Å². The number of esters is 1. The van der Waals surface area contributed by atoms with Gasteiger partial charge in [0.1, 0.15) is 18.0 Å². The smallest absolute Gasteiger partial charge is 0.406 e. The predicted molar refractivity (Wildman–Crippen MR) is 141 cm³/mol. The third-order valence-corrected chi connectivity index (χ3v) is 8.23. The van der Waals surface area contributed by atoms with Crippen molar-refractivity contribution in [3.8, 4) is 0 Å². The van der Waals surface area contributed by atoms with Crippen molar-refractivity contribution in [1.29, 1.82) is 0 Å². The summed E-state index contributed by atoms with van der Waals surface area (Å²) in [6, 6.07) is -0.121. The van der Waals surface area contributed by atoms with E-state index in [4.69, 9.17) is 18.5 Å². The van der Waals surface area contributed by atoms with Crippen LogP contribution in [0.25, 0.3) is 0 Å². The third-order valence-electron chi connectivity index (χ3n) is 5.39. The number of nitrogens with zero attached hydrogens (tertiary/aromatic N) is 1. The van der Waals surface area contributed by atoms with Crippen LogP contribution < -0.4 is 16.3 Å². The second-order valence-electron chi connectivity index (χ2n) is 9.33. The molecule has 1 fully saturated rings. The Hall–Kier alpha value is -2.13. The number of rotatable bonds is 14. The molecule has 1 saturated heterocycles. The minimum atomic E-state index is -4.30. The lowest BCUT2D eigenvalue weighted by atomic mass is 9.97. The number of hydrogen-bond acceptors (Lipinski definition) is 11. The Bertz CT molecular complexity index is 1190. The highest BCUT2D eigenvalue weighted by Crippen LogP contribution is 2.47. The van der Waals surface area contributed by atoms with E-state index in [2.05, 4.69) is 11.7 Å². The van der Waals surface area contributed by atoms with Crippen LogP contribution in [0.2, 0.25) is 0 Å². The number of aliphatic hydroxyl groups excluding tert-OH is 1. The molecule has 1 aromatic rings. The number of H-pyrrole nitrogens is 1. The van der Waals surface area contributed by atoms with Crippen molar-refractivity contribution in [2.45, 2.75) is 65.2 Å². The molecule has 0 aliphatic carbocycles. The fraction of sp³-hybridized carbons (Fsp3) is 0.652. The minimum absolute atomic E-state index is 0.0997. The summed E-state index contributed by atoms with van der Waals surface area (Å²) >= 11 is 0.971. The maximum absolute atomic E-state index is 14.4. The van der Waals surface area contributed by atoms with Gasteiger partial charge in [-0.3, -0.25) is 33.0 Å². The summed E-state index contributed by atoms with van der Waals surface area (Å²) in [7, 11) is -4.30. The highest BCUT2D eigenvalue weighted by molar-refractivity contribution is 8.13. The highest BCUT2D eigenvalue weighted by atomic mass is 32.2. The number of hydrogen-bond donors (Lipinski definition) is 3. The number of aliphatic hydroxyl groups is 1. The van der Waals surface area contributed by atoms with Crippen molar-refractivity contribution in [2.75, 3.05) is 19.0 Å². The van der Waals surface area contributed by atoms with E-state index in [-0.39, 0.29) is 23.4 Å². The number of thioether (sulfide) groups is 1. The van der Waals surface area contributed by atoms with Gasteiger partial charge in [-0.15, -0.1) is 0 Å². The molecule has 0 radical (unpaired) electrons. The number of aromatic amines is 1. The topological polar surface area (TPSA) is 175 Å². The first-order valence-corrected chi connectivity index (χ1v) is 14.7. The summed E-state index contributed by atoms with van der Waals surface area (Å²) < 4.78 is 50.5. The zero-order valence-corrected chi connectivity index (χ0v) is 24.0. The lowest BCUT2D eigenvalue weighted by Crippen LogP contribution is -2.37. The average Bonchev–Trinajstić information content (AvgIpc) is 3.16. The fourth-order valence-corrected chi connectivity index (χ4v) is 5.81. The molecule has 220 valence electrons. The molecule has 2 rings (SSSR count). The molecule has 39 heavy (non-hydrogen) atoms. The van der Waals surface area contributed by atoms with Gasteiger partial charge < -0.3 is 14.6 Å². The van der Waals surface area contributed by atoms with Crippen LogP contribution in [0.3, 0.4) is 0 Å². The monoisotopic (exact) mass is 595 g/mol. The molecule has 0 saturated carbocycles. The van der Waals surface area contributed by atoms with Crippen LogP contribution in [-0.4, -0.2) is 69.1 Å². The molecule has 0 spiro atoms. The SMILES string of the molecule is C=C(F)[C@H]1[C@@H](O)[C@H](n2ccc(=O)[nH]c2=O)O[C@@H]1COP(=O)(N[C@@H](C)C(=O)OC(C)C)OCCSC(=O)C(C)C. The number of halogens is 1. The van der Waals surface area contributed by atoms with Crippen LogP contribution >= 0.6 is 19.5 Å². The number of carbonyl (C=O) groups is 2. The van der Waals surface area contributed by atoms with Crippen molar-refractivity contribution in [2.24, 2.45) is 11.8 Å². The first-order chi connectivity index (χ1) is 18.1. The van der Waals surface area contributed by atoms with E-state index in [1.165, 1.54) is 6.92 Å². The molecule has 1 aliphatic rings. The van der Waals surface area contributed by atoms with E-state index in [9.17, 15) is 33.2 Å². The van der Waals surface area contributed by atoms with Crippen molar-refractivity contribution < 1.29 is 42.2 Å². The van der Waals surface area contributed by atoms with Gasteiger partial charge in [0.05, 0.1) is 31.3 Å². The number of nitrogens with one attached hydrogen (secondary N) is 2. The zero-order chi connectivity index (χ0) is 29.5. The first-order valence-electron chi connectivity index (χ1n) is 12.2. The molecule has 3 N–H and O–H groups in total. The first kappa shape index (κ1) is 33.1. The fourth-order valence-electron chi connectivity index (χ4n) is 3.50. The van der Waals surface area contributed by atoms with E-state index < -0.39 is 73.9 Å². The Morgan fingerprint density at radius 2 is 1.95 bits per heavy atom. The maximum Gasteiger partial charge on any atom is 0.406 e. The Labute approximate surface area is 229 Å². The minimum Gasteiger partial charge on any atom is -0.462 e. The van der Waals surface area contributed by atoms with Crippen molar-refractivity contribution in [3.63, 3.8) is 0 Å². The molecule has 2 heterocycles. The summed E-state index contributed by atoms with van der Waals surface area (Å²) in [5.41, 5.74) is -1.59. The van der Waals surface area contributed by atoms with Crippen molar-refractivity contribution >= 4 is 30.6 Å². The summed E-state index contributed by atoms with van der Waals surface area (Å²) in [5.74, 6) is -3.21. The molecule has 0 amide bonds. The number of ether oxygens (including phenoxy) is 2. The van der Waals surface area contributed by atoms with E-state index in [0.29, 0.717) is 0 Å². The molecular formula is C23H35FN3O10PS. The Balaban J connectivity index is 2.20. The Morgan fingerprint density at radius 1 is 1.28 bits per heavy atom. The third kappa shape index (κ3) is 9.48. The molecule has 1 aliphatic heterocycles. The zero-order valence-electron chi connectivity index (χ0n) is 22.3. The van der Waals surface area contributed by atoms with Crippen LogP contribution in [0.5, 0.6) is 0 Å². The molecule has 1 unspecified atom stereocenters. The van der Waals surface area contributed by atoms with Gasteiger partial charge in [-0.2, -0.15) is 0 Å². The Morgan fingerprint density at radius 3 is 2.51 bits per heavy atom. The van der Waals surface area contributed by atoms with Crippen LogP contribution in [0.15, 0.2) is 34.3 Å². The number of carbonyl (C=O) groups excluding carboxylic acids is 2. The largest absolute Gasteiger partial charge is 0.462 e. The second-order valence-corrected chi connectivity index (χ2v) is 12.2. The van der Waals surface area contributed by atoms with E-state index >= 15 is 0 Å². The quantitative estimate of drug-likeness (QED) is 0.162. The molecule has 1 aromatic heterocycles. The normalized spacial score (nSPS) is 23.5. The predicted octanol–water partition coefficient (Wildman–Crippen LogP) is 1.88. The van der Waals surface area contributed by atoms with Crippen molar-refractivity contribution in [1.82, 2.24) is 14.6 Å². The molecular weight excluding hydrogens is 560 g/mol. The average molecular weight is 596 g/mol. The highest BCUT2D eigenvalue weighted by Gasteiger charge is 2.48. The summed E-state index contributed by atoms with van der Waals surface area (Å²) in [4.78, 5) is 49.7. The van der Waals surface area contributed by atoms with Crippen LogP contribution in [0, 0.1) is 11.8 Å². The molecule has 0 aromatic carbocycles. The summed E-state index contributed by atoms with van der Waals surface area (Å²) in [6.07, 6.45) is -3.71. The van der Waals surface area contributed by atoms with Gasteiger partial charge in [0.2, 0.25) is 0 Å². The van der Waals surface area contributed by atoms with E-state index in [1.807, 2.05) is 4.98 Å². The lowest BCUT2D eigenvalue weighted by Gasteiger charge is -2.25. The van der Waals surface area contributed by atoms with Gasteiger partial charge in [0.25, 0.3) is 5.56 Å². The molecule has 16 heteroatoms. The summed E-state index contributed by atoms with van der Waals surface area (Å²) in [5, 5.41) is 13.1. The van der Waals surface area contributed by atoms with Gasteiger partial charge in [0.15, 0.2) is 11.3 Å². The molecule has 6 atom stereocenters. The number of aromatic nitrogens is 2. The van der Waals surface area contributed by atoms with E-state index in [0.717, 1.165) is 28.6 Å². The van der Waals surface area contributed by atoms with Crippen LogP contribution in [0.1, 0.15) is 40.8 Å². The van der Waals surface area contributed by atoms with Gasteiger partial charge in [-0.05, 0) is 20.8 Å². The second kappa shape index (κ2) is 14.5. The van der Waals surface area contributed by atoms with Gasteiger partial charge >= 0.3 is 19.4 Å². The Kier molecular flexibility index (Phi) is 12.3. The standard InChI is InChI=1S/C23H35FN3O10PS/c1-12(2)22(31)39-10-9-34-38(33,26-15(6)21(30)36-13(3)4)35-11-16-18(14(5)24)19(29)20(37-16)27-8-7-17(28)25-23(27)32/h7-8,12-13,15-16,18-20,29H,5,9-11H2,1-4,6H3,(H,26,33)(H,25,28,32)/t15-,16+,18+,19+,20+,38?/m0/s1. The van der Waals surface area contributed by atoms with Gasteiger partial charge in [-0.25, -0.2) is 18.8 Å². The van der Waals surface area contributed by atoms with Gasteiger partial charge in [0, 0.05) is 23.9 Å². The summed E-state index contributed by atoms with van der Waals surface area (Å²) in [6.45, 7) is 10.5. The van der Waals surface area contributed by atoms with Crippen LogP contribution in [-0.2, 0) is 32.7 Å².